The number of rotatable bonds is 5. The molecule has 1 aromatic heterocycles. The fourth-order valence-electron chi connectivity index (χ4n) is 3.43. The number of anilines is 1. The van der Waals surface area contributed by atoms with Gasteiger partial charge in [0.05, 0.1) is 23.8 Å². The Hall–Kier alpha value is -2.66. The highest BCUT2D eigenvalue weighted by atomic mass is 32.2. The summed E-state index contributed by atoms with van der Waals surface area (Å²) in [4.78, 5) is 18.4. The van der Waals surface area contributed by atoms with Gasteiger partial charge in [0.1, 0.15) is 5.82 Å². The van der Waals surface area contributed by atoms with Crippen molar-refractivity contribution in [2.75, 3.05) is 31.6 Å². The van der Waals surface area contributed by atoms with Gasteiger partial charge < -0.3 is 4.74 Å². The van der Waals surface area contributed by atoms with Gasteiger partial charge in [0, 0.05) is 29.1 Å². The summed E-state index contributed by atoms with van der Waals surface area (Å²) in [5.41, 5.74) is 2.31. The minimum Gasteiger partial charge on any atom is -0.379 e. The number of aryl methyl sites for hydroxylation is 2. The first-order valence-electron chi connectivity index (χ1n) is 9.99. The summed E-state index contributed by atoms with van der Waals surface area (Å²) in [5, 5.41) is 3.15. The Balaban J connectivity index is 1.58. The van der Waals surface area contributed by atoms with E-state index >= 15 is 0 Å². The van der Waals surface area contributed by atoms with Crippen molar-refractivity contribution < 1.29 is 22.3 Å². The van der Waals surface area contributed by atoms with E-state index in [0.717, 1.165) is 10.4 Å². The number of sulfonamides is 1. The van der Waals surface area contributed by atoms with E-state index in [-0.39, 0.29) is 29.4 Å². The number of carbonyl (C=O) groups excluding carboxylic acids is 1. The smallest absolute Gasteiger partial charge is 0.257 e. The largest absolute Gasteiger partial charge is 0.379 e. The van der Waals surface area contributed by atoms with Crippen molar-refractivity contribution in [2.45, 2.75) is 18.7 Å². The van der Waals surface area contributed by atoms with Gasteiger partial charge in [-0.25, -0.2) is 17.8 Å². The Morgan fingerprint density at radius 1 is 1.12 bits per heavy atom. The molecule has 7 nitrogen and oxygen atoms in total. The Bertz CT molecular complexity index is 1250. The minimum absolute atomic E-state index is 0.0671. The number of carbonyl (C=O) groups is 1. The quantitative estimate of drug-likeness (QED) is 0.606. The van der Waals surface area contributed by atoms with Crippen molar-refractivity contribution >= 4 is 32.4 Å². The minimum atomic E-state index is -3.72. The zero-order valence-corrected chi connectivity index (χ0v) is 19.2. The van der Waals surface area contributed by atoms with Crippen molar-refractivity contribution in [3.63, 3.8) is 0 Å². The summed E-state index contributed by atoms with van der Waals surface area (Å²) in [5.74, 6) is -0.779. The molecule has 1 aliphatic heterocycles. The van der Waals surface area contributed by atoms with Crippen LogP contribution in [0.25, 0.3) is 11.3 Å². The van der Waals surface area contributed by atoms with Gasteiger partial charge in [-0.15, -0.1) is 11.3 Å². The molecule has 1 saturated heterocycles. The van der Waals surface area contributed by atoms with E-state index in [9.17, 15) is 17.6 Å². The van der Waals surface area contributed by atoms with Gasteiger partial charge in [-0.05, 0) is 55.8 Å². The molecule has 0 bridgehead atoms. The lowest BCUT2D eigenvalue weighted by molar-refractivity contribution is 0.0730. The Labute approximate surface area is 189 Å². The highest BCUT2D eigenvalue weighted by molar-refractivity contribution is 7.89. The number of nitrogens with one attached hydrogen (secondary N) is 1. The van der Waals surface area contributed by atoms with Crippen molar-refractivity contribution in [1.82, 2.24) is 9.29 Å². The summed E-state index contributed by atoms with van der Waals surface area (Å²) in [6.07, 6.45) is 0. The molecule has 0 saturated carbocycles. The highest BCUT2D eigenvalue weighted by Gasteiger charge is 2.27. The Morgan fingerprint density at radius 2 is 1.81 bits per heavy atom. The summed E-state index contributed by atoms with van der Waals surface area (Å²) >= 11 is 1.30. The van der Waals surface area contributed by atoms with Gasteiger partial charge in [-0.3, -0.25) is 10.1 Å². The molecule has 32 heavy (non-hydrogen) atoms. The number of hydrogen-bond donors (Lipinski definition) is 1. The normalized spacial score (nSPS) is 15.0. The van der Waals surface area contributed by atoms with E-state index in [2.05, 4.69) is 10.3 Å². The molecule has 2 heterocycles. The molecule has 1 aliphatic rings. The van der Waals surface area contributed by atoms with Crippen LogP contribution in [0.2, 0.25) is 0 Å². The number of benzene rings is 2. The third kappa shape index (κ3) is 4.58. The van der Waals surface area contributed by atoms with Crippen molar-refractivity contribution in [3.05, 3.63) is 64.3 Å². The lowest BCUT2D eigenvalue weighted by Gasteiger charge is -2.26. The highest BCUT2D eigenvalue weighted by Crippen LogP contribution is 2.31. The number of hydrogen-bond acceptors (Lipinski definition) is 6. The Morgan fingerprint density at radius 3 is 2.50 bits per heavy atom. The average Bonchev–Trinajstić information content (AvgIpc) is 3.14. The third-order valence-corrected chi connectivity index (χ3v) is 7.98. The average molecular weight is 476 g/mol. The maximum Gasteiger partial charge on any atom is 0.257 e. The van der Waals surface area contributed by atoms with E-state index in [1.165, 1.54) is 39.9 Å². The second-order valence-electron chi connectivity index (χ2n) is 7.38. The molecule has 0 spiro atoms. The van der Waals surface area contributed by atoms with Crippen LogP contribution in [0.1, 0.15) is 20.8 Å². The Kier molecular flexibility index (Phi) is 6.38. The van der Waals surface area contributed by atoms with E-state index in [0.29, 0.717) is 29.6 Å². The van der Waals surface area contributed by atoms with Crippen LogP contribution in [-0.4, -0.2) is 49.9 Å². The zero-order valence-electron chi connectivity index (χ0n) is 17.6. The molecule has 0 unspecified atom stereocenters. The monoisotopic (exact) mass is 475 g/mol. The van der Waals surface area contributed by atoms with E-state index in [1.54, 1.807) is 25.1 Å². The number of halogens is 1. The first-order chi connectivity index (χ1) is 15.3. The number of morpholine rings is 1. The molecule has 2 aromatic carbocycles. The van der Waals surface area contributed by atoms with Crippen LogP contribution in [0.4, 0.5) is 9.52 Å². The summed E-state index contributed by atoms with van der Waals surface area (Å²) in [6.45, 7) is 4.87. The maximum absolute atomic E-state index is 13.2. The van der Waals surface area contributed by atoms with Gasteiger partial charge in [0.25, 0.3) is 5.91 Å². The van der Waals surface area contributed by atoms with Gasteiger partial charge in [0.2, 0.25) is 10.0 Å². The molecule has 168 valence electrons. The second kappa shape index (κ2) is 9.07. The van der Waals surface area contributed by atoms with Crippen LogP contribution in [0.15, 0.2) is 47.4 Å². The van der Waals surface area contributed by atoms with Gasteiger partial charge in [0.15, 0.2) is 5.13 Å². The van der Waals surface area contributed by atoms with E-state index in [1.807, 2.05) is 6.92 Å². The summed E-state index contributed by atoms with van der Waals surface area (Å²) < 4.78 is 45.7. The van der Waals surface area contributed by atoms with Crippen LogP contribution in [0.5, 0.6) is 0 Å². The van der Waals surface area contributed by atoms with Gasteiger partial charge in [-0.2, -0.15) is 4.31 Å². The molecular formula is C22H22FN3O4S2. The number of nitrogens with zero attached hydrogens (tertiary/aromatic N) is 2. The molecule has 1 N–H and O–H groups in total. The summed E-state index contributed by atoms with van der Waals surface area (Å²) in [6, 6.07) is 10.5. The predicted octanol–water partition coefficient (Wildman–Crippen LogP) is 3.84. The first-order valence-corrected chi connectivity index (χ1v) is 12.2. The van der Waals surface area contributed by atoms with Crippen LogP contribution in [0.3, 0.4) is 0 Å². The topological polar surface area (TPSA) is 88.6 Å². The molecule has 0 atom stereocenters. The lowest BCUT2D eigenvalue weighted by Crippen LogP contribution is -2.40. The lowest BCUT2D eigenvalue weighted by atomic mass is 10.1. The molecule has 1 fully saturated rings. The first kappa shape index (κ1) is 22.5. The maximum atomic E-state index is 13.2. The van der Waals surface area contributed by atoms with Crippen LogP contribution < -0.4 is 5.32 Å². The fourth-order valence-corrected chi connectivity index (χ4v) is 5.70. The SMILES string of the molecule is Cc1ccc(S(=O)(=O)N2CCOCC2)cc1C(=O)Nc1nc(-c2ccc(F)cc2)c(C)s1. The predicted molar refractivity (Wildman–Crippen MR) is 121 cm³/mol. The van der Waals surface area contributed by atoms with Crippen LogP contribution >= 0.6 is 11.3 Å². The van der Waals surface area contributed by atoms with Gasteiger partial charge in [-0.1, -0.05) is 6.07 Å². The van der Waals surface area contributed by atoms with Crippen LogP contribution in [0, 0.1) is 19.7 Å². The third-order valence-electron chi connectivity index (χ3n) is 5.20. The fraction of sp³-hybridized carbons (Fsp3) is 0.273. The van der Waals surface area contributed by atoms with E-state index < -0.39 is 15.9 Å². The second-order valence-corrected chi connectivity index (χ2v) is 10.5. The molecule has 10 heteroatoms. The van der Waals surface area contributed by atoms with Crippen molar-refractivity contribution in [3.8, 4) is 11.3 Å². The van der Waals surface area contributed by atoms with Crippen molar-refractivity contribution in [1.29, 1.82) is 0 Å². The standard InChI is InChI=1S/C22H22FN3O4S2/c1-14-3-8-18(32(28,29)26-9-11-30-12-10-26)13-19(14)21(27)25-22-24-20(15(2)31-22)16-4-6-17(23)7-5-16/h3-8,13H,9-12H2,1-2H3,(H,24,25,27). The number of ether oxygens (including phenoxy) is 1. The molecule has 4 rings (SSSR count). The number of thiazole rings is 1. The molecule has 0 aliphatic carbocycles. The molecule has 0 radical (unpaired) electrons. The van der Waals surface area contributed by atoms with Gasteiger partial charge >= 0.3 is 0 Å². The van der Waals surface area contributed by atoms with Crippen LogP contribution in [-0.2, 0) is 14.8 Å². The number of amides is 1. The summed E-state index contributed by atoms with van der Waals surface area (Å²) in [7, 11) is -3.72. The van der Waals surface area contributed by atoms with E-state index in [4.69, 9.17) is 4.74 Å². The molecule has 3 aromatic rings. The molecular weight excluding hydrogens is 453 g/mol. The zero-order chi connectivity index (χ0) is 22.9. The van der Waals surface area contributed by atoms with Crippen molar-refractivity contribution in [2.24, 2.45) is 0 Å². The number of aromatic nitrogens is 1. The molecule has 1 amide bonds.